The second-order valence-electron chi connectivity index (χ2n) is 2.89. The highest BCUT2D eigenvalue weighted by Crippen LogP contribution is 2.10. The molecule has 5 heteroatoms. The van der Waals surface area contributed by atoms with Crippen molar-refractivity contribution < 1.29 is 9.59 Å². The van der Waals surface area contributed by atoms with E-state index < -0.39 is 5.96 Å². The van der Waals surface area contributed by atoms with Crippen molar-refractivity contribution in [3.63, 3.8) is 0 Å². The lowest BCUT2D eigenvalue weighted by Crippen LogP contribution is -2.30. The Kier molecular flexibility index (Phi) is 3.28. The van der Waals surface area contributed by atoms with E-state index >= 15 is 0 Å². The molecule has 0 heterocycles. The lowest BCUT2D eigenvalue weighted by molar-refractivity contribution is 0.119. The highest BCUT2D eigenvalue weighted by Gasteiger charge is 2.03. The summed E-state index contributed by atoms with van der Waals surface area (Å²) in [5.74, 6) is -0.416. The van der Waals surface area contributed by atoms with Gasteiger partial charge >= 0.3 is 0 Å². The molecule has 0 aromatic heterocycles. The van der Waals surface area contributed by atoms with Crippen LogP contribution in [0.2, 0.25) is 0 Å². The number of hydrogen-bond donors (Lipinski definition) is 3. The van der Waals surface area contributed by atoms with Crippen LogP contribution in [0.25, 0.3) is 0 Å². The van der Waals surface area contributed by atoms with Gasteiger partial charge in [0.2, 0.25) is 5.96 Å². The molecular formula is C9H12FN3O. The van der Waals surface area contributed by atoms with E-state index in [9.17, 15) is 4.48 Å². The fraction of sp³-hybridized carbons (Fsp3) is 0.222. The van der Waals surface area contributed by atoms with Crippen molar-refractivity contribution in [3.8, 4) is 5.75 Å². The van der Waals surface area contributed by atoms with E-state index in [0.717, 1.165) is 5.56 Å². The van der Waals surface area contributed by atoms with E-state index in [1.54, 1.807) is 12.1 Å². The number of phenolic OH excluding ortho intramolecular Hbond substituents is 1. The molecule has 0 bridgehead atoms. The maximum absolute atomic E-state index is 12.7. The fourth-order valence-corrected chi connectivity index (χ4v) is 1.01. The molecule has 0 aliphatic rings. The van der Waals surface area contributed by atoms with E-state index in [1.165, 1.54) is 12.1 Å². The first-order valence-corrected chi connectivity index (χ1v) is 4.15. The number of nitrogens with two attached hydrogens (primary N) is 1. The predicted molar refractivity (Wildman–Crippen MR) is 51.5 cm³/mol. The quantitative estimate of drug-likeness (QED) is 0.384. The van der Waals surface area contributed by atoms with Crippen molar-refractivity contribution in [3.05, 3.63) is 29.8 Å². The molecule has 4 N–H and O–H groups in total. The van der Waals surface area contributed by atoms with E-state index in [1.807, 2.05) is 0 Å². The van der Waals surface area contributed by atoms with Crippen LogP contribution in [0, 0.1) is 5.41 Å². The van der Waals surface area contributed by atoms with Crippen LogP contribution in [0.15, 0.2) is 24.3 Å². The Morgan fingerprint density at radius 3 is 2.50 bits per heavy atom. The zero-order valence-electron chi connectivity index (χ0n) is 7.57. The number of nitrogens with one attached hydrogen (secondary N) is 1. The normalized spacial score (nSPS) is 9.79. The van der Waals surface area contributed by atoms with E-state index in [-0.39, 0.29) is 17.4 Å². The van der Waals surface area contributed by atoms with Crippen molar-refractivity contribution in [1.82, 2.24) is 5.12 Å². The van der Waals surface area contributed by atoms with Gasteiger partial charge in [0.15, 0.2) is 0 Å². The molecule has 0 unspecified atom stereocenters. The highest BCUT2D eigenvalue weighted by molar-refractivity contribution is 5.73. The maximum Gasteiger partial charge on any atom is 0.217 e. The topological polar surface area (TPSA) is 73.3 Å². The molecule has 0 amide bonds. The summed E-state index contributed by atoms with van der Waals surface area (Å²) in [6.07, 6.45) is 0.441. The van der Waals surface area contributed by atoms with E-state index in [2.05, 4.69) is 0 Å². The average molecular weight is 197 g/mol. The lowest BCUT2D eigenvalue weighted by atomic mass is 10.1. The molecule has 4 nitrogen and oxygen atoms in total. The first-order valence-electron chi connectivity index (χ1n) is 4.15. The van der Waals surface area contributed by atoms with Crippen LogP contribution in [-0.4, -0.2) is 22.7 Å². The Morgan fingerprint density at radius 2 is 2.00 bits per heavy atom. The van der Waals surface area contributed by atoms with Gasteiger partial charge in [-0.3, -0.25) is 5.41 Å². The molecule has 0 saturated carbocycles. The third-order valence-corrected chi connectivity index (χ3v) is 1.79. The Morgan fingerprint density at radius 1 is 1.43 bits per heavy atom. The summed E-state index contributed by atoms with van der Waals surface area (Å²) < 4.78 is 12.7. The molecule has 0 radical (unpaired) electrons. The van der Waals surface area contributed by atoms with Crippen molar-refractivity contribution >= 4 is 5.96 Å². The van der Waals surface area contributed by atoms with Crippen molar-refractivity contribution in [2.75, 3.05) is 6.54 Å². The number of phenols is 1. The molecular weight excluding hydrogens is 185 g/mol. The fourth-order valence-electron chi connectivity index (χ4n) is 1.01. The minimum Gasteiger partial charge on any atom is -0.508 e. The minimum atomic E-state index is -0.594. The molecule has 0 aliphatic heterocycles. The number of nitrogens with zero attached hydrogens (tertiary/aromatic N) is 1. The zero-order valence-corrected chi connectivity index (χ0v) is 7.57. The monoisotopic (exact) mass is 197 g/mol. The van der Waals surface area contributed by atoms with E-state index in [4.69, 9.17) is 16.2 Å². The highest BCUT2D eigenvalue weighted by atomic mass is 19.2. The Hall–Kier alpha value is -1.78. The van der Waals surface area contributed by atoms with E-state index in [0.29, 0.717) is 6.42 Å². The van der Waals surface area contributed by atoms with Gasteiger partial charge in [-0.1, -0.05) is 16.6 Å². The van der Waals surface area contributed by atoms with Gasteiger partial charge in [0.25, 0.3) is 0 Å². The van der Waals surface area contributed by atoms with Crippen LogP contribution in [0.1, 0.15) is 5.56 Å². The summed E-state index contributed by atoms with van der Waals surface area (Å²) in [6.45, 7) is 0.0418. The summed E-state index contributed by atoms with van der Waals surface area (Å²) >= 11 is 0. The second-order valence-corrected chi connectivity index (χ2v) is 2.89. The summed E-state index contributed by atoms with van der Waals surface area (Å²) in [5, 5.41) is 15.9. The summed E-state index contributed by atoms with van der Waals surface area (Å²) in [4.78, 5) is 0. The largest absolute Gasteiger partial charge is 0.508 e. The summed E-state index contributed by atoms with van der Waals surface area (Å²) in [6, 6.07) is 6.46. The summed E-state index contributed by atoms with van der Waals surface area (Å²) in [7, 11) is 0. The van der Waals surface area contributed by atoms with Crippen molar-refractivity contribution in [2.45, 2.75) is 6.42 Å². The van der Waals surface area contributed by atoms with Gasteiger partial charge in [0.05, 0.1) is 6.54 Å². The Balaban J connectivity index is 2.46. The van der Waals surface area contributed by atoms with Crippen LogP contribution in [-0.2, 0) is 6.42 Å². The van der Waals surface area contributed by atoms with Crippen molar-refractivity contribution in [2.24, 2.45) is 5.73 Å². The average Bonchev–Trinajstić information content (AvgIpc) is 2.16. The Labute approximate surface area is 81.2 Å². The number of aromatic hydroxyl groups is 1. The number of benzene rings is 1. The first-order chi connectivity index (χ1) is 6.59. The Bertz CT molecular complexity index is 312. The molecule has 1 aromatic rings. The molecule has 0 fully saturated rings. The second kappa shape index (κ2) is 4.45. The van der Waals surface area contributed by atoms with Crippen LogP contribution < -0.4 is 5.73 Å². The summed E-state index contributed by atoms with van der Waals surface area (Å²) in [5.41, 5.74) is 5.80. The number of hydrogen-bond acceptors (Lipinski definition) is 2. The number of guanidine groups is 1. The van der Waals surface area contributed by atoms with Gasteiger partial charge in [-0.25, -0.2) is 0 Å². The molecule has 76 valence electrons. The third-order valence-electron chi connectivity index (χ3n) is 1.79. The van der Waals surface area contributed by atoms with Crippen LogP contribution >= 0.6 is 0 Å². The minimum absolute atomic E-state index is 0.0418. The van der Waals surface area contributed by atoms with Crippen molar-refractivity contribution in [1.29, 1.82) is 5.41 Å². The molecule has 1 aromatic carbocycles. The zero-order chi connectivity index (χ0) is 10.6. The number of halogens is 1. The predicted octanol–water partition coefficient (Wildman–Crippen LogP) is 1.01. The van der Waals surface area contributed by atoms with Crippen LogP contribution in [0.5, 0.6) is 5.75 Å². The van der Waals surface area contributed by atoms with Gasteiger partial charge in [0.1, 0.15) is 5.75 Å². The van der Waals surface area contributed by atoms with Gasteiger partial charge < -0.3 is 10.8 Å². The molecule has 14 heavy (non-hydrogen) atoms. The van der Waals surface area contributed by atoms with Gasteiger partial charge in [0, 0.05) is 0 Å². The molecule has 0 saturated heterocycles. The SMILES string of the molecule is N=C(N)N(F)CCc1ccc(O)cc1. The standard InChI is InChI=1S/C9H12FN3O/c10-13(9(11)12)6-5-7-1-3-8(14)4-2-7/h1-4,14H,5-6H2,(H3,11,12). The molecule has 0 spiro atoms. The van der Waals surface area contributed by atoms with Crippen LogP contribution in [0.4, 0.5) is 4.48 Å². The molecule has 0 atom stereocenters. The van der Waals surface area contributed by atoms with Gasteiger partial charge in [-0.2, -0.15) is 5.12 Å². The van der Waals surface area contributed by atoms with Crippen LogP contribution in [0.3, 0.4) is 0 Å². The van der Waals surface area contributed by atoms with Gasteiger partial charge in [-0.15, -0.1) is 0 Å². The first kappa shape index (κ1) is 10.3. The third kappa shape index (κ3) is 2.93. The molecule has 0 aliphatic carbocycles. The molecule has 1 rings (SSSR count). The van der Waals surface area contributed by atoms with Gasteiger partial charge in [-0.05, 0) is 24.1 Å². The maximum atomic E-state index is 12.7. The smallest absolute Gasteiger partial charge is 0.217 e. The number of rotatable bonds is 3. The lowest BCUT2D eigenvalue weighted by Gasteiger charge is -2.10.